The van der Waals surface area contributed by atoms with E-state index in [0.717, 1.165) is 35.4 Å². The molecule has 1 atom stereocenters. The molecule has 1 amide bonds. The molecule has 0 radical (unpaired) electrons. The number of hydrogen-bond acceptors (Lipinski definition) is 3. The van der Waals surface area contributed by atoms with Crippen LogP contribution in [0.5, 0.6) is 5.75 Å². The van der Waals surface area contributed by atoms with Gasteiger partial charge in [-0.3, -0.25) is 9.69 Å². The smallest absolute Gasteiger partial charge is 0.221 e. The number of nitrogens with zero attached hydrogens (tertiary/aromatic N) is 1. The molecule has 0 bridgehead atoms. The Morgan fingerprint density at radius 3 is 2.67 bits per heavy atom. The van der Waals surface area contributed by atoms with Crippen LogP contribution in [0, 0.1) is 5.82 Å². The molecule has 1 aliphatic rings. The Morgan fingerprint density at radius 2 is 1.94 bits per heavy atom. The molecule has 2 N–H and O–H groups in total. The molecule has 33 heavy (non-hydrogen) atoms. The molecule has 1 aliphatic heterocycles. The maximum absolute atomic E-state index is 15.3. The van der Waals surface area contributed by atoms with Gasteiger partial charge in [-0.15, -0.1) is 0 Å². The van der Waals surface area contributed by atoms with Gasteiger partial charge in [0.2, 0.25) is 5.91 Å². The average molecular weight is 444 g/mol. The first kappa shape index (κ1) is 21.2. The molecule has 0 fully saturated rings. The molecule has 168 valence electrons. The third-order valence-electron chi connectivity index (χ3n) is 6.30. The number of hydrogen-bond donors (Lipinski definition) is 2. The van der Waals surface area contributed by atoms with Crippen LogP contribution in [0.4, 0.5) is 10.1 Å². The van der Waals surface area contributed by atoms with Gasteiger partial charge < -0.3 is 15.0 Å². The second-order valence-corrected chi connectivity index (χ2v) is 8.45. The normalized spacial score (nSPS) is 15.9. The van der Waals surface area contributed by atoms with E-state index in [1.165, 1.54) is 23.9 Å². The van der Waals surface area contributed by atoms with Crippen LogP contribution in [0.25, 0.3) is 10.9 Å². The predicted octanol–water partition coefficient (Wildman–Crippen LogP) is 5.42. The number of rotatable bonds is 5. The van der Waals surface area contributed by atoms with Crippen LogP contribution in [0.3, 0.4) is 0 Å². The summed E-state index contributed by atoms with van der Waals surface area (Å²) in [4.78, 5) is 17.2. The monoisotopic (exact) mass is 443 g/mol. The van der Waals surface area contributed by atoms with E-state index in [1.807, 2.05) is 48.5 Å². The van der Waals surface area contributed by atoms with Gasteiger partial charge in [-0.2, -0.15) is 0 Å². The number of H-pyrrole nitrogens is 1. The number of ether oxygens (including phenoxy) is 1. The first-order chi connectivity index (χ1) is 16.0. The van der Waals surface area contributed by atoms with Gasteiger partial charge in [-0.05, 0) is 41.8 Å². The highest BCUT2D eigenvalue weighted by Crippen LogP contribution is 2.40. The molecule has 0 saturated carbocycles. The van der Waals surface area contributed by atoms with Crippen molar-refractivity contribution >= 4 is 22.5 Å². The maximum atomic E-state index is 15.3. The molecule has 4 aromatic rings. The predicted molar refractivity (Wildman–Crippen MR) is 128 cm³/mol. The first-order valence-corrected chi connectivity index (χ1v) is 11.1. The molecule has 5 rings (SSSR count). The highest BCUT2D eigenvalue weighted by Gasteiger charge is 2.33. The fraction of sp³-hybridized carbons (Fsp3) is 0.222. The number of methoxy groups -OCH3 is 1. The van der Waals surface area contributed by atoms with Crippen molar-refractivity contribution in [1.82, 2.24) is 9.88 Å². The minimum atomic E-state index is -0.281. The Bertz CT molecular complexity index is 1310. The third-order valence-corrected chi connectivity index (χ3v) is 6.30. The van der Waals surface area contributed by atoms with E-state index >= 15 is 4.39 Å². The number of anilines is 1. The summed E-state index contributed by atoms with van der Waals surface area (Å²) in [6.45, 7) is 2.96. The second kappa shape index (κ2) is 8.71. The van der Waals surface area contributed by atoms with Crippen molar-refractivity contribution in [1.29, 1.82) is 0 Å². The van der Waals surface area contributed by atoms with E-state index in [1.54, 1.807) is 7.11 Å². The summed E-state index contributed by atoms with van der Waals surface area (Å²) in [6, 6.07) is 20.9. The van der Waals surface area contributed by atoms with Crippen molar-refractivity contribution in [3.63, 3.8) is 0 Å². The number of amides is 1. The van der Waals surface area contributed by atoms with E-state index in [2.05, 4.69) is 27.3 Å². The number of para-hydroxylation sites is 1. The lowest BCUT2D eigenvalue weighted by Gasteiger charge is -2.36. The standard InChI is InChI=1S/C27H26FN3O2/c1-17(32)29-19-9-7-18(8-10-19)16-31-14-13-22-21-5-3-4-6-25(21)30-26(22)27(31)23-12-11-20(33-2)15-24(23)28/h3-12,15,27,30H,13-14,16H2,1-2H3,(H,29,32). The van der Waals surface area contributed by atoms with Gasteiger partial charge in [0, 0.05) is 53.9 Å². The van der Waals surface area contributed by atoms with E-state index in [9.17, 15) is 4.79 Å². The van der Waals surface area contributed by atoms with E-state index < -0.39 is 0 Å². The number of carbonyl (C=O) groups excluding carboxylic acids is 1. The molecule has 5 nitrogen and oxygen atoms in total. The lowest BCUT2D eigenvalue weighted by atomic mass is 9.91. The summed E-state index contributed by atoms with van der Waals surface area (Å²) in [6.07, 6.45) is 0.887. The number of benzene rings is 3. The molecule has 0 saturated heterocycles. The van der Waals surface area contributed by atoms with Crippen molar-refractivity contribution in [2.24, 2.45) is 0 Å². The average Bonchev–Trinajstić information content (AvgIpc) is 3.19. The zero-order valence-corrected chi connectivity index (χ0v) is 18.7. The van der Waals surface area contributed by atoms with E-state index in [4.69, 9.17) is 4.74 Å². The second-order valence-electron chi connectivity index (χ2n) is 8.45. The quantitative estimate of drug-likeness (QED) is 0.433. The Balaban J connectivity index is 1.55. The molecular weight excluding hydrogens is 417 g/mol. The Morgan fingerprint density at radius 1 is 1.15 bits per heavy atom. The summed E-state index contributed by atoms with van der Waals surface area (Å²) < 4.78 is 20.5. The van der Waals surface area contributed by atoms with Gasteiger partial charge in [0.05, 0.1) is 13.2 Å². The summed E-state index contributed by atoms with van der Waals surface area (Å²) in [5, 5.41) is 4.00. The minimum absolute atomic E-state index is 0.0971. The van der Waals surface area contributed by atoms with Crippen molar-refractivity contribution in [2.45, 2.75) is 25.9 Å². The van der Waals surface area contributed by atoms with Crippen LogP contribution in [0.1, 0.15) is 35.3 Å². The largest absolute Gasteiger partial charge is 0.497 e. The lowest BCUT2D eigenvalue weighted by Crippen LogP contribution is -2.36. The number of aromatic nitrogens is 1. The van der Waals surface area contributed by atoms with Crippen LogP contribution in [0.2, 0.25) is 0 Å². The Hall–Kier alpha value is -3.64. The van der Waals surface area contributed by atoms with Crippen LogP contribution in [-0.4, -0.2) is 29.4 Å². The third kappa shape index (κ3) is 4.10. The van der Waals surface area contributed by atoms with Crippen molar-refractivity contribution in [2.75, 3.05) is 19.0 Å². The number of aromatic amines is 1. The number of carbonyl (C=O) groups is 1. The van der Waals surface area contributed by atoms with Gasteiger partial charge >= 0.3 is 0 Å². The molecule has 1 unspecified atom stereocenters. The van der Waals surface area contributed by atoms with Crippen molar-refractivity contribution in [3.05, 3.63) is 94.9 Å². The Labute approximate surface area is 192 Å². The van der Waals surface area contributed by atoms with Gasteiger partial charge in [-0.25, -0.2) is 4.39 Å². The molecular formula is C27H26FN3O2. The number of nitrogens with one attached hydrogen (secondary N) is 2. The van der Waals surface area contributed by atoms with E-state index in [0.29, 0.717) is 17.9 Å². The van der Waals surface area contributed by atoms with Gasteiger partial charge in [0.15, 0.2) is 0 Å². The fourth-order valence-corrected chi connectivity index (χ4v) is 4.80. The highest BCUT2D eigenvalue weighted by atomic mass is 19.1. The SMILES string of the molecule is COc1ccc(C2c3[nH]c4ccccc4c3CCN2Cc2ccc(NC(C)=O)cc2)c(F)c1. The van der Waals surface area contributed by atoms with Crippen LogP contribution < -0.4 is 10.1 Å². The van der Waals surface area contributed by atoms with Gasteiger partial charge in [0.25, 0.3) is 0 Å². The molecule has 3 aromatic carbocycles. The zero-order valence-electron chi connectivity index (χ0n) is 18.7. The topological polar surface area (TPSA) is 57.4 Å². The summed E-state index contributed by atoms with van der Waals surface area (Å²) in [5.74, 6) is 0.126. The van der Waals surface area contributed by atoms with Crippen LogP contribution >= 0.6 is 0 Å². The minimum Gasteiger partial charge on any atom is -0.497 e. The number of fused-ring (bicyclic) bond motifs is 3. The highest BCUT2D eigenvalue weighted by molar-refractivity contribution is 5.88. The van der Waals surface area contributed by atoms with Crippen LogP contribution in [-0.2, 0) is 17.8 Å². The molecule has 2 heterocycles. The number of halogens is 1. The summed E-state index contributed by atoms with van der Waals surface area (Å²) in [5.41, 5.74) is 5.86. The van der Waals surface area contributed by atoms with Crippen molar-refractivity contribution in [3.8, 4) is 5.75 Å². The molecule has 1 aromatic heterocycles. The maximum Gasteiger partial charge on any atom is 0.221 e. The first-order valence-electron chi connectivity index (χ1n) is 11.1. The summed E-state index contributed by atoms with van der Waals surface area (Å²) >= 11 is 0. The summed E-state index contributed by atoms with van der Waals surface area (Å²) in [7, 11) is 1.54. The fourth-order valence-electron chi connectivity index (χ4n) is 4.80. The molecule has 0 aliphatic carbocycles. The zero-order chi connectivity index (χ0) is 22.9. The molecule has 6 heteroatoms. The van der Waals surface area contributed by atoms with Crippen molar-refractivity contribution < 1.29 is 13.9 Å². The Kier molecular flexibility index (Phi) is 5.60. The van der Waals surface area contributed by atoms with Gasteiger partial charge in [0.1, 0.15) is 11.6 Å². The molecule has 0 spiro atoms. The lowest BCUT2D eigenvalue weighted by molar-refractivity contribution is -0.114. The van der Waals surface area contributed by atoms with Gasteiger partial charge in [-0.1, -0.05) is 36.4 Å². The van der Waals surface area contributed by atoms with Crippen LogP contribution in [0.15, 0.2) is 66.7 Å². The van der Waals surface area contributed by atoms with E-state index in [-0.39, 0.29) is 17.8 Å².